The van der Waals surface area contributed by atoms with E-state index >= 15 is 0 Å². The summed E-state index contributed by atoms with van der Waals surface area (Å²) in [4.78, 5) is 14.5. The minimum atomic E-state index is -2.79. The Hall–Kier alpha value is -0.660. The van der Waals surface area contributed by atoms with Crippen molar-refractivity contribution >= 4 is 15.7 Å². The van der Waals surface area contributed by atoms with E-state index in [0.29, 0.717) is 29.9 Å². The van der Waals surface area contributed by atoms with Crippen LogP contribution in [-0.2, 0) is 19.4 Å². The van der Waals surface area contributed by atoms with E-state index in [1.807, 2.05) is 0 Å². The fourth-order valence-electron chi connectivity index (χ4n) is 3.94. The molecule has 7 heteroatoms. The Bertz CT molecular complexity index is 494. The molecule has 1 N–H and O–H groups in total. The van der Waals surface area contributed by atoms with E-state index < -0.39 is 9.84 Å². The van der Waals surface area contributed by atoms with E-state index in [2.05, 4.69) is 10.2 Å². The van der Waals surface area contributed by atoms with Crippen LogP contribution in [0, 0.1) is 5.92 Å². The second kappa shape index (κ2) is 7.49. The normalized spacial score (nSPS) is 30.3. The average Bonchev–Trinajstić information content (AvgIpc) is 3.01. The minimum Gasteiger partial charge on any atom is -0.381 e. The molecule has 0 spiro atoms. The number of carbonyl (C=O) groups is 1. The van der Waals surface area contributed by atoms with Gasteiger partial charge in [-0.2, -0.15) is 0 Å². The number of nitrogens with zero attached hydrogens (tertiary/aromatic N) is 1. The van der Waals surface area contributed by atoms with Gasteiger partial charge in [0.2, 0.25) is 5.91 Å². The highest BCUT2D eigenvalue weighted by Crippen LogP contribution is 2.22. The first kappa shape index (κ1) is 17.2. The smallest absolute Gasteiger partial charge is 0.220 e. The fraction of sp³-hybridized carbons (Fsp3) is 0.938. The first-order valence-corrected chi connectivity index (χ1v) is 10.7. The Balaban J connectivity index is 1.37. The Morgan fingerprint density at radius 3 is 2.39 bits per heavy atom. The summed E-state index contributed by atoms with van der Waals surface area (Å²) in [6, 6.07) is 0.680. The third kappa shape index (κ3) is 4.90. The monoisotopic (exact) mass is 344 g/mol. The van der Waals surface area contributed by atoms with Crippen LogP contribution < -0.4 is 5.32 Å². The third-order valence-corrected chi connectivity index (χ3v) is 7.15. The lowest BCUT2D eigenvalue weighted by Gasteiger charge is -2.39. The zero-order valence-corrected chi connectivity index (χ0v) is 14.5. The second-order valence-electron chi connectivity index (χ2n) is 7.19. The van der Waals surface area contributed by atoms with Crippen molar-refractivity contribution in [2.45, 2.75) is 50.6 Å². The van der Waals surface area contributed by atoms with Gasteiger partial charge in [0, 0.05) is 44.8 Å². The van der Waals surface area contributed by atoms with Gasteiger partial charge in [-0.15, -0.1) is 0 Å². The van der Waals surface area contributed by atoms with Gasteiger partial charge in [0.25, 0.3) is 0 Å². The van der Waals surface area contributed by atoms with Gasteiger partial charge in [-0.3, -0.25) is 4.79 Å². The lowest BCUT2D eigenvalue weighted by Crippen LogP contribution is -2.50. The van der Waals surface area contributed by atoms with Crippen molar-refractivity contribution in [1.29, 1.82) is 0 Å². The molecule has 6 nitrogen and oxygen atoms in total. The van der Waals surface area contributed by atoms with E-state index in [9.17, 15) is 13.2 Å². The second-order valence-corrected chi connectivity index (χ2v) is 9.50. The van der Waals surface area contributed by atoms with Gasteiger partial charge in [0.05, 0.1) is 11.5 Å². The number of rotatable bonds is 4. The summed E-state index contributed by atoms with van der Waals surface area (Å²) in [5.74, 6) is 1.21. The van der Waals surface area contributed by atoms with E-state index in [-0.39, 0.29) is 11.9 Å². The molecule has 0 saturated carbocycles. The lowest BCUT2D eigenvalue weighted by atomic mass is 9.99. The standard InChI is InChI=1S/C16H28N2O4S/c19-16(11-13-3-8-22-12-13)17-14-1-6-18(7-2-14)15-4-9-23(20,21)10-5-15/h13-15H,1-12H2,(H,17,19)/t13-/m0/s1. The molecular weight excluding hydrogens is 316 g/mol. The number of likely N-dealkylation sites (tertiary alicyclic amines) is 1. The average molecular weight is 344 g/mol. The number of hydrogen-bond donors (Lipinski definition) is 1. The van der Waals surface area contributed by atoms with Crippen molar-refractivity contribution in [3.05, 3.63) is 0 Å². The Morgan fingerprint density at radius 2 is 1.78 bits per heavy atom. The fourth-order valence-corrected chi connectivity index (χ4v) is 5.41. The first-order valence-electron chi connectivity index (χ1n) is 8.83. The number of sulfone groups is 1. The zero-order chi connectivity index (χ0) is 16.3. The molecule has 3 aliphatic rings. The third-order valence-electron chi connectivity index (χ3n) is 5.43. The highest BCUT2D eigenvalue weighted by molar-refractivity contribution is 7.91. The summed E-state index contributed by atoms with van der Waals surface area (Å²) in [5, 5.41) is 3.17. The molecule has 0 aromatic carbocycles. The van der Waals surface area contributed by atoms with Crippen LogP contribution in [-0.4, -0.2) is 69.1 Å². The summed E-state index contributed by atoms with van der Waals surface area (Å²) >= 11 is 0. The van der Waals surface area contributed by atoms with Crippen molar-refractivity contribution in [3.63, 3.8) is 0 Å². The molecule has 0 aromatic heterocycles. The number of amides is 1. The predicted molar refractivity (Wildman–Crippen MR) is 88.0 cm³/mol. The van der Waals surface area contributed by atoms with Gasteiger partial charge in [0.15, 0.2) is 0 Å². The van der Waals surface area contributed by atoms with E-state index in [1.54, 1.807) is 0 Å². The van der Waals surface area contributed by atoms with Crippen molar-refractivity contribution in [3.8, 4) is 0 Å². The van der Waals surface area contributed by atoms with Crippen molar-refractivity contribution < 1.29 is 17.9 Å². The van der Waals surface area contributed by atoms with Crippen LogP contribution >= 0.6 is 0 Å². The molecule has 0 radical (unpaired) electrons. The topological polar surface area (TPSA) is 75.7 Å². The van der Waals surface area contributed by atoms with Gasteiger partial charge in [-0.1, -0.05) is 0 Å². The van der Waals surface area contributed by atoms with Crippen LogP contribution in [0.3, 0.4) is 0 Å². The molecule has 3 fully saturated rings. The summed E-state index contributed by atoms with van der Waals surface area (Å²) in [6.45, 7) is 3.42. The van der Waals surface area contributed by atoms with Gasteiger partial charge in [0.1, 0.15) is 9.84 Å². The lowest BCUT2D eigenvalue weighted by molar-refractivity contribution is -0.123. The Labute approximate surface area is 138 Å². The maximum atomic E-state index is 12.1. The van der Waals surface area contributed by atoms with Gasteiger partial charge < -0.3 is 15.0 Å². The summed E-state index contributed by atoms with van der Waals surface area (Å²) < 4.78 is 28.4. The molecule has 3 heterocycles. The minimum absolute atomic E-state index is 0.155. The molecule has 23 heavy (non-hydrogen) atoms. The van der Waals surface area contributed by atoms with Crippen LogP contribution in [0.2, 0.25) is 0 Å². The molecule has 132 valence electrons. The van der Waals surface area contributed by atoms with E-state index in [4.69, 9.17) is 4.74 Å². The maximum absolute atomic E-state index is 12.1. The molecule has 1 amide bonds. The summed E-state index contributed by atoms with van der Waals surface area (Å²) in [6.07, 6.45) is 5.05. The largest absolute Gasteiger partial charge is 0.381 e. The molecular formula is C16H28N2O4S. The molecule has 3 rings (SSSR count). The highest BCUT2D eigenvalue weighted by Gasteiger charge is 2.31. The molecule has 3 aliphatic heterocycles. The van der Waals surface area contributed by atoms with Crippen LogP contribution in [0.25, 0.3) is 0 Å². The van der Waals surface area contributed by atoms with Crippen LogP contribution in [0.5, 0.6) is 0 Å². The highest BCUT2D eigenvalue weighted by atomic mass is 32.2. The predicted octanol–water partition coefficient (Wildman–Crippen LogP) is 0.571. The number of piperidine rings is 1. The number of carbonyl (C=O) groups excluding carboxylic acids is 1. The first-order chi connectivity index (χ1) is 11.0. The number of ether oxygens (including phenoxy) is 1. The van der Waals surface area contributed by atoms with Gasteiger partial charge >= 0.3 is 0 Å². The van der Waals surface area contributed by atoms with E-state index in [0.717, 1.165) is 58.4 Å². The molecule has 0 aliphatic carbocycles. The summed E-state index contributed by atoms with van der Waals surface area (Å²) in [7, 11) is -2.79. The molecule has 0 unspecified atom stereocenters. The van der Waals surface area contributed by atoms with Crippen molar-refractivity contribution in [2.24, 2.45) is 5.92 Å². The molecule has 0 bridgehead atoms. The van der Waals surface area contributed by atoms with E-state index in [1.165, 1.54) is 0 Å². The quantitative estimate of drug-likeness (QED) is 0.807. The number of nitrogens with one attached hydrogen (secondary N) is 1. The van der Waals surface area contributed by atoms with Gasteiger partial charge in [-0.05, 0) is 38.0 Å². The summed E-state index contributed by atoms with van der Waals surface area (Å²) in [5.41, 5.74) is 0. The number of hydrogen-bond acceptors (Lipinski definition) is 5. The van der Waals surface area contributed by atoms with Crippen LogP contribution in [0.4, 0.5) is 0 Å². The Kier molecular flexibility index (Phi) is 5.59. The maximum Gasteiger partial charge on any atom is 0.220 e. The van der Waals surface area contributed by atoms with Crippen LogP contribution in [0.1, 0.15) is 38.5 Å². The molecule has 1 atom stereocenters. The zero-order valence-electron chi connectivity index (χ0n) is 13.7. The van der Waals surface area contributed by atoms with Crippen molar-refractivity contribution in [2.75, 3.05) is 37.8 Å². The van der Waals surface area contributed by atoms with Crippen molar-refractivity contribution in [1.82, 2.24) is 10.2 Å². The molecule has 0 aromatic rings. The SMILES string of the molecule is O=C(C[C@@H]1CCOC1)NC1CCN(C2CCS(=O)(=O)CC2)CC1. The van der Waals surface area contributed by atoms with Crippen LogP contribution in [0.15, 0.2) is 0 Å². The molecule has 3 saturated heterocycles. The Morgan fingerprint density at radius 1 is 1.09 bits per heavy atom. The van der Waals surface area contributed by atoms with Gasteiger partial charge in [-0.25, -0.2) is 8.42 Å².